The van der Waals surface area contributed by atoms with Crippen molar-refractivity contribution in [3.63, 3.8) is 0 Å². The third-order valence-corrected chi connectivity index (χ3v) is 2.38. The Morgan fingerprint density at radius 2 is 2.31 bits per heavy atom. The van der Waals surface area contributed by atoms with Crippen LogP contribution >= 0.6 is 11.8 Å². The molecule has 0 unspecified atom stereocenters. The first-order valence-electron chi connectivity index (χ1n) is 4.07. The molecule has 0 amide bonds. The third-order valence-electron chi connectivity index (χ3n) is 1.39. The summed E-state index contributed by atoms with van der Waals surface area (Å²) in [5.41, 5.74) is 5.55. The molecule has 4 nitrogen and oxygen atoms in total. The lowest BCUT2D eigenvalue weighted by atomic mass is 10.5. The molecule has 0 spiro atoms. The number of aryl methyl sites for hydroxylation is 1. The third kappa shape index (κ3) is 3.61. The molecular weight excluding hydrogens is 186 g/mol. The molecule has 0 saturated heterocycles. The number of hydrogen-bond donors (Lipinski definition) is 2. The van der Waals surface area contributed by atoms with Crippen LogP contribution in [0, 0.1) is 6.92 Å². The van der Waals surface area contributed by atoms with Gasteiger partial charge < -0.3 is 10.8 Å². The van der Waals surface area contributed by atoms with Gasteiger partial charge in [-0.25, -0.2) is 9.97 Å². The van der Waals surface area contributed by atoms with Crippen LogP contribution in [0.25, 0.3) is 0 Å². The fourth-order valence-electron chi connectivity index (χ4n) is 0.878. The van der Waals surface area contributed by atoms with E-state index in [1.165, 1.54) is 0 Å². The molecule has 1 rings (SSSR count). The van der Waals surface area contributed by atoms with Gasteiger partial charge in [0.15, 0.2) is 0 Å². The molecule has 1 aromatic heterocycles. The SMILES string of the molecule is Cc1nc(N)cc(SCCCO)n1. The summed E-state index contributed by atoms with van der Waals surface area (Å²) in [5, 5.41) is 9.46. The molecule has 0 atom stereocenters. The Balaban J connectivity index is 2.56. The van der Waals surface area contributed by atoms with E-state index in [1.54, 1.807) is 17.8 Å². The number of rotatable bonds is 4. The normalized spacial score (nSPS) is 10.3. The predicted octanol–water partition coefficient (Wildman–Crippen LogP) is 0.842. The lowest BCUT2D eigenvalue weighted by molar-refractivity contribution is 0.296. The highest BCUT2D eigenvalue weighted by molar-refractivity contribution is 7.99. The zero-order valence-electron chi connectivity index (χ0n) is 7.53. The summed E-state index contributed by atoms with van der Waals surface area (Å²) >= 11 is 1.58. The van der Waals surface area contributed by atoms with E-state index >= 15 is 0 Å². The van der Waals surface area contributed by atoms with Gasteiger partial charge >= 0.3 is 0 Å². The Labute approximate surface area is 81.6 Å². The lowest BCUT2D eigenvalue weighted by Crippen LogP contribution is -1.97. The van der Waals surface area contributed by atoms with Crippen molar-refractivity contribution in [3.05, 3.63) is 11.9 Å². The molecule has 0 aromatic carbocycles. The second-order valence-electron chi connectivity index (χ2n) is 2.60. The van der Waals surface area contributed by atoms with Crippen molar-refractivity contribution in [3.8, 4) is 0 Å². The summed E-state index contributed by atoms with van der Waals surface area (Å²) in [4.78, 5) is 8.16. The molecule has 5 heteroatoms. The number of aliphatic hydroxyl groups excluding tert-OH is 1. The van der Waals surface area contributed by atoms with Gasteiger partial charge in [-0.3, -0.25) is 0 Å². The average molecular weight is 199 g/mol. The minimum atomic E-state index is 0.215. The molecule has 1 heterocycles. The minimum absolute atomic E-state index is 0.215. The maximum Gasteiger partial charge on any atom is 0.128 e. The molecular formula is C8H13N3OS. The zero-order valence-corrected chi connectivity index (χ0v) is 8.34. The van der Waals surface area contributed by atoms with Gasteiger partial charge in [0.25, 0.3) is 0 Å². The van der Waals surface area contributed by atoms with Crippen LogP contribution in [0.2, 0.25) is 0 Å². The van der Waals surface area contributed by atoms with Crippen molar-refractivity contribution < 1.29 is 5.11 Å². The van der Waals surface area contributed by atoms with Crippen molar-refractivity contribution in [1.82, 2.24) is 9.97 Å². The number of hydrogen-bond acceptors (Lipinski definition) is 5. The Morgan fingerprint density at radius 1 is 1.54 bits per heavy atom. The maximum atomic E-state index is 8.58. The standard InChI is InChI=1S/C8H13N3OS/c1-6-10-7(9)5-8(11-6)13-4-2-3-12/h5,12H,2-4H2,1H3,(H2,9,10,11). The fourth-order valence-corrected chi connectivity index (χ4v) is 1.76. The topological polar surface area (TPSA) is 72.0 Å². The lowest BCUT2D eigenvalue weighted by Gasteiger charge is -2.01. The Hall–Kier alpha value is -0.810. The van der Waals surface area contributed by atoms with E-state index in [0.29, 0.717) is 11.6 Å². The molecule has 13 heavy (non-hydrogen) atoms. The van der Waals surface area contributed by atoms with Crippen LogP contribution in [0.1, 0.15) is 12.2 Å². The van der Waals surface area contributed by atoms with Gasteiger partial charge in [-0.15, -0.1) is 11.8 Å². The van der Waals surface area contributed by atoms with Crippen LogP contribution in [0.3, 0.4) is 0 Å². The van der Waals surface area contributed by atoms with E-state index in [4.69, 9.17) is 10.8 Å². The van der Waals surface area contributed by atoms with Gasteiger partial charge in [-0.05, 0) is 13.3 Å². The van der Waals surface area contributed by atoms with Gasteiger partial charge in [-0.1, -0.05) is 0 Å². The maximum absolute atomic E-state index is 8.58. The number of aromatic nitrogens is 2. The van der Waals surface area contributed by atoms with E-state index in [-0.39, 0.29) is 6.61 Å². The van der Waals surface area contributed by atoms with E-state index in [0.717, 1.165) is 17.2 Å². The number of nitrogens with zero attached hydrogens (tertiary/aromatic N) is 2. The van der Waals surface area contributed by atoms with Gasteiger partial charge in [-0.2, -0.15) is 0 Å². The van der Waals surface area contributed by atoms with Crippen molar-refractivity contribution >= 4 is 17.6 Å². The molecule has 0 aliphatic carbocycles. The van der Waals surface area contributed by atoms with Crippen LogP contribution < -0.4 is 5.73 Å². The molecule has 0 saturated carbocycles. The Bertz CT molecular complexity index is 260. The van der Waals surface area contributed by atoms with Crippen LogP contribution in [0.4, 0.5) is 5.82 Å². The fraction of sp³-hybridized carbons (Fsp3) is 0.500. The molecule has 0 fully saturated rings. The van der Waals surface area contributed by atoms with E-state index < -0.39 is 0 Å². The van der Waals surface area contributed by atoms with Crippen LogP contribution in [-0.4, -0.2) is 27.4 Å². The number of nitrogens with two attached hydrogens (primary N) is 1. The molecule has 0 radical (unpaired) electrons. The predicted molar refractivity (Wildman–Crippen MR) is 53.6 cm³/mol. The van der Waals surface area contributed by atoms with E-state index in [2.05, 4.69) is 9.97 Å². The van der Waals surface area contributed by atoms with Gasteiger partial charge in [0, 0.05) is 18.4 Å². The van der Waals surface area contributed by atoms with Gasteiger partial charge in [0.05, 0.1) is 0 Å². The number of aliphatic hydroxyl groups is 1. The van der Waals surface area contributed by atoms with Gasteiger partial charge in [0.1, 0.15) is 16.7 Å². The summed E-state index contributed by atoms with van der Waals surface area (Å²) in [6.45, 7) is 2.03. The molecule has 0 bridgehead atoms. The quantitative estimate of drug-likeness (QED) is 0.427. The molecule has 1 aromatic rings. The van der Waals surface area contributed by atoms with Crippen molar-refractivity contribution in [2.24, 2.45) is 0 Å². The first-order chi connectivity index (χ1) is 6.22. The van der Waals surface area contributed by atoms with Crippen LogP contribution in [-0.2, 0) is 0 Å². The number of thioether (sulfide) groups is 1. The highest BCUT2D eigenvalue weighted by Crippen LogP contribution is 2.17. The first-order valence-corrected chi connectivity index (χ1v) is 5.06. The Kier molecular flexibility index (Phi) is 3.98. The minimum Gasteiger partial charge on any atom is -0.396 e. The highest BCUT2D eigenvalue weighted by Gasteiger charge is 1.99. The van der Waals surface area contributed by atoms with Crippen LogP contribution in [0.5, 0.6) is 0 Å². The summed E-state index contributed by atoms with van der Waals surface area (Å²) < 4.78 is 0. The molecule has 0 aliphatic rings. The molecule has 72 valence electrons. The van der Waals surface area contributed by atoms with Crippen molar-refractivity contribution in [1.29, 1.82) is 0 Å². The van der Waals surface area contributed by atoms with Crippen molar-refractivity contribution in [2.75, 3.05) is 18.1 Å². The summed E-state index contributed by atoms with van der Waals surface area (Å²) in [5.74, 6) is 2.04. The van der Waals surface area contributed by atoms with Gasteiger partial charge in [0.2, 0.25) is 0 Å². The van der Waals surface area contributed by atoms with Crippen molar-refractivity contribution in [2.45, 2.75) is 18.4 Å². The number of anilines is 1. The van der Waals surface area contributed by atoms with E-state index in [1.807, 2.05) is 6.92 Å². The Morgan fingerprint density at radius 3 is 2.92 bits per heavy atom. The summed E-state index contributed by atoms with van der Waals surface area (Å²) in [6, 6.07) is 1.75. The molecule has 0 aliphatic heterocycles. The number of nitrogen functional groups attached to an aromatic ring is 1. The summed E-state index contributed by atoms with van der Waals surface area (Å²) in [6.07, 6.45) is 0.771. The first kappa shape index (κ1) is 10.3. The molecule has 3 N–H and O–H groups in total. The second-order valence-corrected chi connectivity index (χ2v) is 3.72. The highest BCUT2D eigenvalue weighted by atomic mass is 32.2. The second kappa shape index (κ2) is 5.04. The van der Waals surface area contributed by atoms with E-state index in [9.17, 15) is 0 Å². The average Bonchev–Trinajstić information content (AvgIpc) is 2.03. The smallest absolute Gasteiger partial charge is 0.128 e. The summed E-state index contributed by atoms with van der Waals surface area (Å²) in [7, 11) is 0. The zero-order chi connectivity index (χ0) is 9.68. The largest absolute Gasteiger partial charge is 0.396 e. The monoisotopic (exact) mass is 199 g/mol. The van der Waals surface area contributed by atoms with Crippen LogP contribution in [0.15, 0.2) is 11.1 Å².